The van der Waals surface area contributed by atoms with Crippen LogP contribution in [-0.4, -0.2) is 25.8 Å². The van der Waals surface area contributed by atoms with Crippen molar-refractivity contribution in [2.45, 2.75) is 5.92 Å². The summed E-state index contributed by atoms with van der Waals surface area (Å²) >= 11 is 0. The molecule has 0 spiro atoms. The average molecular weight is 398 g/mol. The maximum absolute atomic E-state index is 13.0. The highest BCUT2D eigenvalue weighted by Crippen LogP contribution is 2.25. The Kier molecular flexibility index (Phi) is 7.23. The Morgan fingerprint density at radius 3 is 2.27 bits per heavy atom. The zero-order valence-electron chi connectivity index (χ0n) is 16.6. The number of carbonyl (C=O) groups is 1. The van der Waals surface area contributed by atoms with E-state index in [9.17, 15) is 4.79 Å². The number of hydrogen-bond acceptors (Lipinski definition) is 4. The Bertz CT molecular complexity index is 1000. The standard InChI is InChI=1S/C25H22N2O3/c1-3-16-30-23-15-14-22(29-2)17-21(23)18-26-27-25(28)24(19-10-6-4-7-11-19)20-12-8-5-9-13-20/h1,4-15,17-18,24H,16H2,2H3,(H,27,28)/b26-18+. The van der Waals surface area contributed by atoms with Gasteiger partial charge in [0.05, 0.1) is 19.2 Å². The van der Waals surface area contributed by atoms with E-state index < -0.39 is 5.92 Å². The number of nitrogens with zero attached hydrogens (tertiary/aromatic N) is 1. The average Bonchev–Trinajstić information content (AvgIpc) is 2.79. The number of hydrazone groups is 1. The van der Waals surface area contributed by atoms with E-state index in [0.717, 1.165) is 11.1 Å². The van der Waals surface area contributed by atoms with E-state index in [1.165, 1.54) is 6.21 Å². The molecule has 0 aliphatic heterocycles. The van der Waals surface area contributed by atoms with Crippen LogP contribution < -0.4 is 14.9 Å². The number of benzene rings is 3. The molecule has 0 aromatic heterocycles. The number of terminal acetylenes is 1. The van der Waals surface area contributed by atoms with Crippen LogP contribution in [-0.2, 0) is 4.79 Å². The largest absolute Gasteiger partial charge is 0.497 e. The van der Waals surface area contributed by atoms with Crippen LogP contribution in [0.15, 0.2) is 84.0 Å². The molecule has 1 N–H and O–H groups in total. The van der Waals surface area contributed by atoms with Crippen molar-refractivity contribution in [3.63, 3.8) is 0 Å². The molecule has 0 aliphatic carbocycles. The quantitative estimate of drug-likeness (QED) is 0.355. The van der Waals surface area contributed by atoms with Crippen LogP contribution in [0.1, 0.15) is 22.6 Å². The summed E-state index contributed by atoms with van der Waals surface area (Å²) in [7, 11) is 1.57. The molecule has 3 aromatic carbocycles. The third-order valence-electron chi connectivity index (χ3n) is 4.43. The summed E-state index contributed by atoms with van der Waals surface area (Å²) < 4.78 is 10.8. The monoisotopic (exact) mass is 398 g/mol. The molecule has 5 nitrogen and oxygen atoms in total. The van der Waals surface area contributed by atoms with E-state index in [4.69, 9.17) is 15.9 Å². The third kappa shape index (κ3) is 5.27. The summed E-state index contributed by atoms with van der Waals surface area (Å²) in [5.74, 6) is 2.90. The molecule has 0 saturated carbocycles. The second kappa shape index (κ2) is 10.5. The van der Waals surface area contributed by atoms with Crippen LogP contribution in [0, 0.1) is 12.3 Å². The molecule has 3 rings (SSSR count). The van der Waals surface area contributed by atoms with Crippen LogP contribution >= 0.6 is 0 Å². The summed E-state index contributed by atoms with van der Waals surface area (Å²) in [6.07, 6.45) is 6.79. The molecule has 0 unspecified atom stereocenters. The van der Waals surface area contributed by atoms with Crippen LogP contribution in [0.2, 0.25) is 0 Å². The Morgan fingerprint density at radius 1 is 1.07 bits per heavy atom. The SMILES string of the molecule is C#CCOc1ccc(OC)cc1/C=N/NC(=O)C(c1ccccc1)c1ccccc1. The van der Waals surface area contributed by atoms with Gasteiger partial charge in [-0.05, 0) is 29.3 Å². The van der Waals surface area contributed by atoms with Gasteiger partial charge in [0.1, 0.15) is 18.1 Å². The third-order valence-corrected chi connectivity index (χ3v) is 4.43. The van der Waals surface area contributed by atoms with Crippen molar-refractivity contribution in [1.82, 2.24) is 5.43 Å². The normalized spacial score (nSPS) is 10.6. The summed E-state index contributed by atoms with van der Waals surface area (Å²) in [6.45, 7) is 0.129. The highest BCUT2D eigenvalue weighted by Gasteiger charge is 2.22. The number of ether oxygens (including phenoxy) is 2. The van der Waals surface area contributed by atoms with Gasteiger partial charge in [0.2, 0.25) is 0 Å². The van der Waals surface area contributed by atoms with Gasteiger partial charge in [-0.2, -0.15) is 5.10 Å². The maximum Gasteiger partial charge on any atom is 0.252 e. The lowest BCUT2D eigenvalue weighted by Gasteiger charge is -2.16. The number of methoxy groups -OCH3 is 1. The second-order valence-corrected chi connectivity index (χ2v) is 6.39. The van der Waals surface area contributed by atoms with Gasteiger partial charge in [-0.15, -0.1) is 6.42 Å². The van der Waals surface area contributed by atoms with Gasteiger partial charge >= 0.3 is 0 Å². The van der Waals surface area contributed by atoms with Crippen molar-refractivity contribution < 1.29 is 14.3 Å². The van der Waals surface area contributed by atoms with Gasteiger partial charge in [-0.1, -0.05) is 66.6 Å². The van der Waals surface area contributed by atoms with Gasteiger partial charge in [-0.3, -0.25) is 4.79 Å². The van der Waals surface area contributed by atoms with Crippen molar-refractivity contribution in [3.05, 3.63) is 95.6 Å². The second-order valence-electron chi connectivity index (χ2n) is 6.39. The van der Waals surface area contributed by atoms with Crippen molar-refractivity contribution in [3.8, 4) is 23.8 Å². The van der Waals surface area contributed by atoms with Crippen LogP contribution in [0.25, 0.3) is 0 Å². The molecular formula is C25H22N2O3. The lowest BCUT2D eigenvalue weighted by Crippen LogP contribution is -2.26. The molecule has 0 atom stereocenters. The highest BCUT2D eigenvalue weighted by atomic mass is 16.5. The van der Waals surface area contributed by atoms with Gasteiger partial charge in [0, 0.05) is 5.56 Å². The fourth-order valence-electron chi connectivity index (χ4n) is 3.02. The van der Waals surface area contributed by atoms with Gasteiger partial charge < -0.3 is 9.47 Å². The van der Waals surface area contributed by atoms with Crippen molar-refractivity contribution in [2.75, 3.05) is 13.7 Å². The first-order valence-corrected chi connectivity index (χ1v) is 9.40. The van der Waals surface area contributed by atoms with Gasteiger partial charge in [0.15, 0.2) is 0 Å². The topological polar surface area (TPSA) is 59.9 Å². The number of rotatable bonds is 8. The molecule has 0 bridgehead atoms. The first-order valence-electron chi connectivity index (χ1n) is 9.40. The highest BCUT2D eigenvalue weighted by molar-refractivity contribution is 5.89. The molecule has 0 saturated heterocycles. The number of carbonyl (C=O) groups excluding carboxylic acids is 1. The molecule has 150 valence electrons. The first kappa shape index (κ1) is 20.7. The van der Waals surface area contributed by atoms with E-state index in [1.807, 2.05) is 60.7 Å². The van der Waals surface area contributed by atoms with Crippen LogP contribution in [0.4, 0.5) is 0 Å². The fraction of sp³-hybridized carbons (Fsp3) is 0.120. The molecule has 3 aromatic rings. The maximum atomic E-state index is 13.0. The van der Waals surface area contributed by atoms with E-state index in [2.05, 4.69) is 16.4 Å². The van der Waals surface area contributed by atoms with E-state index >= 15 is 0 Å². The Morgan fingerprint density at radius 2 is 1.70 bits per heavy atom. The lowest BCUT2D eigenvalue weighted by atomic mass is 9.91. The predicted octanol–water partition coefficient (Wildman–Crippen LogP) is 3.99. The first-order chi connectivity index (χ1) is 14.7. The number of hydrogen-bond donors (Lipinski definition) is 1. The van der Waals surface area contributed by atoms with Crippen LogP contribution in [0.5, 0.6) is 11.5 Å². The fourth-order valence-corrected chi connectivity index (χ4v) is 3.02. The predicted molar refractivity (Wildman–Crippen MR) is 118 cm³/mol. The minimum absolute atomic E-state index is 0.129. The molecule has 0 radical (unpaired) electrons. The van der Waals surface area contributed by atoms with Crippen LogP contribution in [0.3, 0.4) is 0 Å². The lowest BCUT2D eigenvalue weighted by molar-refractivity contribution is -0.121. The molecule has 0 aliphatic rings. The summed E-state index contributed by atoms with van der Waals surface area (Å²) in [5, 5.41) is 4.15. The van der Waals surface area contributed by atoms with Gasteiger partial charge in [0.25, 0.3) is 5.91 Å². The molecule has 0 fully saturated rings. The number of amides is 1. The minimum Gasteiger partial charge on any atom is -0.497 e. The zero-order valence-corrected chi connectivity index (χ0v) is 16.6. The molecule has 0 heterocycles. The molecular weight excluding hydrogens is 376 g/mol. The smallest absolute Gasteiger partial charge is 0.252 e. The molecule has 30 heavy (non-hydrogen) atoms. The van der Waals surface area contributed by atoms with E-state index in [-0.39, 0.29) is 12.5 Å². The van der Waals surface area contributed by atoms with Crippen molar-refractivity contribution in [2.24, 2.45) is 5.10 Å². The summed E-state index contributed by atoms with van der Waals surface area (Å²) in [5.41, 5.74) is 5.05. The van der Waals surface area contributed by atoms with E-state index in [0.29, 0.717) is 17.1 Å². The summed E-state index contributed by atoms with van der Waals surface area (Å²) in [6, 6.07) is 24.4. The van der Waals surface area contributed by atoms with Gasteiger partial charge in [-0.25, -0.2) is 5.43 Å². The Labute approximate surface area is 176 Å². The summed E-state index contributed by atoms with van der Waals surface area (Å²) in [4.78, 5) is 13.0. The molecule has 5 heteroatoms. The Balaban J connectivity index is 1.82. The van der Waals surface area contributed by atoms with Crippen molar-refractivity contribution >= 4 is 12.1 Å². The Hall–Kier alpha value is -4.04. The van der Waals surface area contributed by atoms with Crippen molar-refractivity contribution in [1.29, 1.82) is 0 Å². The number of nitrogens with one attached hydrogen (secondary N) is 1. The zero-order chi connectivity index (χ0) is 21.2. The molecule has 1 amide bonds. The minimum atomic E-state index is -0.480. The van der Waals surface area contributed by atoms with E-state index in [1.54, 1.807) is 25.3 Å².